The molecule has 3 heteroatoms. The average molecular weight is 166 g/mol. The molecule has 1 atom stereocenters. The molecule has 2 nitrogen and oxygen atoms in total. The second-order valence-corrected chi connectivity index (χ2v) is 3.10. The van der Waals surface area contributed by atoms with Crippen molar-refractivity contribution in [3.63, 3.8) is 0 Å². The molecule has 0 aromatic carbocycles. The van der Waals surface area contributed by atoms with Crippen molar-refractivity contribution in [3.8, 4) is 0 Å². The highest BCUT2D eigenvalue weighted by Crippen LogP contribution is 2.27. The molecule has 2 heterocycles. The van der Waals surface area contributed by atoms with Crippen molar-refractivity contribution in [1.29, 1.82) is 0 Å². The molecule has 1 unspecified atom stereocenters. The topological polar surface area (TPSA) is 24.1 Å². The summed E-state index contributed by atoms with van der Waals surface area (Å²) in [6.45, 7) is 3.67. The zero-order chi connectivity index (χ0) is 8.72. The van der Waals surface area contributed by atoms with E-state index in [-0.39, 0.29) is 12.0 Å². The van der Waals surface area contributed by atoms with Gasteiger partial charge in [-0.3, -0.25) is 0 Å². The zero-order valence-electron chi connectivity index (χ0n) is 7.11. The molecule has 0 amide bonds. The highest BCUT2D eigenvalue weighted by Gasteiger charge is 2.25. The molecule has 2 rings (SSSR count). The van der Waals surface area contributed by atoms with Gasteiger partial charge in [0.25, 0.3) is 0 Å². The van der Waals surface area contributed by atoms with Crippen molar-refractivity contribution in [2.45, 2.75) is 20.0 Å². The Morgan fingerprint density at radius 3 is 2.92 bits per heavy atom. The maximum absolute atomic E-state index is 13.5. The van der Waals surface area contributed by atoms with E-state index in [0.717, 1.165) is 5.70 Å². The van der Waals surface area contributed by atoms with Gasteiger partial charge in [-0.2, -0.15) is 0 Å². The number of fused-ring (bicyclic) bond motifs is 1. The van der Waals surface area contributed by atoms with Gasteiger partial charge in [-0.05, 0) is 26.1 Å². The SMILES string of the molecule is CC1=C(C)C(F)=C2C=CNC2N1. The molecule has 0 saturated carbocycles. The lowest BCUT2D eigenvalue weighted by Gasteiger charge is -2.24. The molecule has 12 heavy (non-hydrogen) atoms. The first kappa shape index (κ1) is 7.40. The van der Waals surface area contributed by atoms with Gasteiger partial charge in [0.2, 0.25) is 0 Å². The molecule has 0 spiro atoms. The molecule has 2 aliphatic heterocycles. The summed E-state index contributed by atoms with van der Waals surface area (Å²) in [5.41, 5.74) is 2.31. The van der Waals surface area contributed by atoms with Gasteiger partial charge in [-0.15, -0.1) is 0 Å². The Morgan fingerprint density at radius 2 is 2.17 bits per heavy atom. The largest absolute Gasteiger partial charge is 0.368 e. The van der Waals surface area contributed by atoms with Gasteiger partial charge in [-0.25, -0.2) is 4.39 Å². The van der Waals surface area contributed by atoms with E-state index in [1.807, 2.05) is 6.92 Å². The summed E-state index contributed by atoms with van der Waals surface area (Å²) >= 11 is 0. The number of allylic oxidation sites excluding steroid dienone is 3. The lowest BCUT2D eigenvalue weighted by Crippen LogP contribution is -2.39. The Hall–Kier alpha value is -1.25. The summed E-state index contributed by atoms with van der Waals surface area (Å²) in [7, 11) is 0. The number of dihydropyridines is 1. The molecule has 0 bridgehead atoms. The summed E-state index contributed by atoms with van der Waals surface area (Å²) in [6.07, 6.45) is 3.47. The number of hydrogen-bond acceptors (Lipinski definition) is 2. The van der Waals surface area contributed by atoms with Crippen LogP contribution in [0.4, 0.5) is 4.39 Å². The van der Waals surface area contributed by atoms with Crippen LogP contribution in [0, 0.1) is 0 Å². The molecule has 0 saturated heterocycles. The first-order chi connectivity index (χ1) is 5.70. The van der Waals surface area contributed by atoms with Gasteiger partial charge in [0, 0.05) is 16.8 Å². The smallest absolute Gasteiger partial charge is 0.135 e. The Labute approximate surface area is 70.8 Å². The Morgan fingerprint density at radius 1 is 1.42 bits per heavy atom. The normalized spacial score (nSPS) is 27.1. The highest BCUT2D eigenvalue weighted by atomic mass is 19.1. The molecule has 2 N–H and O–H groups in total. The van der Waals surface area contributed by atoms with Crippen molar-refractivity contribution in [1.82, 2.24) is 10.6 Å². The first-order valence-corrected chi connectivity index (χ1v) is 3.97. The fourth-order valence-electron chi connectivity index (χ4n) is 1.45. The van der Waals surface area contributed by atoms with Crippen LogP contribution >= 0.6 is 0 Å². The maximum atomic E-state index is 13.5. The van der Waals surface area contributed by atoms with Crippen molar-refractivity contribution in [2.75, 3.05) is 0 Å². The minimum Gasteiger partial charge on any atom is -0.368 e. The molecule has 0 aromatic rings. The van der Waals surface area contributed by atoms with Gasteiger partial charge in [0.05, 0.1) is 0 Å². The van der Waals surface area contributed by atoms with Gasteiger partial charge in [-0.1, -0.05) is 0 Å². The predicted molar refractivity (Wildman–Crippen MR) is 45.7 cm³/mol. The minimum absolute atomic E-state index is 0.0614. The monoisotopic (exact) mass is 166 g/mol. The molecule has 0 aromatic heterocycles. The predicted octanol–water partition coefficient (Wildman–Crippen LogP) is 1.55. The van der Waals surface area contributed by atoms with Gasteiger partial charge >= 0.3 is 0 Å². The molecule has 64 valence electrons. The van der Waals surface area contributed by atoms with Gasteiger partial charge < -0.3 is 10.6 Å². The third-order valence-corrected chi connectivity index (χ3v) is 2.34. The summed E-state index contributed by atoms with van der Waals surface area (Å²) in [4.78, 5) is 0. The number of hydrogen-bond donors (Lipinski definition) is 2. The van der Waals surface area contributed by atoms with Gasteiger partial charge in [0.1, 0.15) is 12.0 Å². The number of halogens is 1. The lowest BCUT2D eigenvalue weighted by molar-refractivity contribution is 0.542. The number of nitrogens with one attached hydrogen (secondary N) is 2. The second-order valence-electron chi connectivity index (χ2n) is 3.10. The summed E-state index contributed by atoms with van der Waals surface area (Å²) in [5.74, 6) is -0.0995. The maximum Gasteiger partial charge on any atom is 0.135 e. The van der Waals surface area contributed by atoms with E-state index in [9.17, 15) is 4.39 Å². The van der Waals surface area contributed by atoms with Crippen LogP contribution in [0.15, 0.2) is 34.9 Å². The van der Waals surface area contributed by atoms with Crippen LogP contribution in [0.2, 0.25) is 0 Å². The Balaban J connectivity index is 2.48. The number of rotatable bonds is 0. The first-order valence-electron chi connectivity index (χ1n) is 3.97. The highest BCUT2D eigenvalue weighted by molar-refractivity contribution is 5.45. The van der Waals surface area contributed by atoms with Crippen LogP contribution in [0.25, 0.3) is 0 Å². The van der Waals surface area contributed by atoms with E-state index in [1.165, 1.54) is 0 Å². The Bertz CT molecular complexity index is 312. The third-order valence-electron chi connectivity index (χ3n) is 2.34. The molecular formula is C9H11FN2. The van der Waals surface area contributed by atoms with Crippen LogP contribution in [0.5, 0.6) is 0 Å². The van der Waals surface area contributed by atoms with E-state index in [4.69, 9.17) is 0 Å². The third kappa shape index (κ3) is 0.858. The van der Waals surface area contributed by atoms with Crippen LogP contribution in [-0.2, 0) is 0 Å². The summed E-state index contributed by atoms with van der Waals surface area (Å²) < 4.78 is 13.5. The fraction of sp³-hybridized carbons (Fsp3) is 0.333. The molecule has 0 radical (unpaired) electrons. The van der Waals surface area contributed by atoms with E-state index in [1.54, 1.807) is 19.2 Å². The average Bonchev–Trinajstić information content (AvgIpc) is 2.48. The summed E-state index contributed by atoms with van der Waals surface area (Å²) in [5, 5.41) is 6.18. The molecular weight excluding hydrogens is 155 g/mol. The van der Waals surface area contributed by atoms with Crippen LogP contribution in [0.1, 0.15) is 13.8 Å². The quantitative estimate of drug-likeness (QED) is 0.570. The van der Waals surface area contributed by atoms with E-state index in [2.05, 4.69) is 10.6 Å². The van der Waals surface area contributed by atoms with E-state index >= 15 is 0 Å². The Kier molecular flexibility index (Phi) is 1.46. The molecule has 0 fully saturated rings. The molecule has 2 aliphatic rings. The second kappa shape index (κ2) is 2.37. The lowest BCUT2D eigenvalue weighted by atomic mass is 10.0. The van der Waals surface area contributed by atoms with Crippen LogP contribution < -0.4 is 10.6 Å². The molecule has 0 aliphatic carbocycles. The minimum atomic E-state index is -0.0995. The van der Waals surface area contributed by atoms with Crippen molar-refractivity contribution in [2.24, 2.45) is 0 Å². The van der Waals surface area contributed by atoms with Crippen molar-refractivity contribution >= 4 is 0 Å². The van der Waals surface area contributed by atoms with Gasteiger partial charge in [0.15, 0.2) is 0 Å². The summed E-state index contributed by atoms with van der Waals surface area (Å²) in [6, 6.07) is 0. The zero-order valence-corrected chi connectivity index (χ0v) is 7.11. The van der Waals surface area contributed by atoms with E-state index in [0.29, 0.717) is 11.1 Å². The van der Waals surface area contributed by atoms with Crippen LogP contribution in [-0.4, -0.2) is 6.17 Å². The van der Waals surface area contributed by atoms with Crippen molar-refractivity contribution < 1.29 is 4.39 Å². The van der Waals surface area contributed by atoms with Crippen LogP contribution in [0.3, 0.4) is 0 Å². The fourth-order valence-corrected chi connectivity index (χ4v) is 1.45. The van der Waals surface area contributed by atoms with E-state index < -0.39 is 0 Å². The standard InChI is InChI=1S/C9H11FN2/c1-5-6(2)12-9-7(8(5)10)3-4-11-9/h3-4,9,11-12H,1-2H3. The van der Waals surface area contributed by atoms with Crippen molar-refractivity contribution in [3.05, 3.63) is 34.9 Å².